The van der Waals surface area contributed by atoms with Gasteiger partial charge in [-0.1, -0.05) is 319 Å². The van der Waals surface area contributed by atoms with Crippen LogP contribution in [0, 0.1) is 51.7 Å². The van der Waals surface area contributed by atoms with E-state index in [1.54, 1.807) is 12.3 Å². The van der Waals surface area contributed by atoms with Crippen molar-refractivity contribution >= 4 is 84.1 Å². The molecule has 0 aliphatic heterocycles. The van der Waals surface area contributed by atoms with Gasteiger partial charge in [0.25, 0.3) is 5.56 Å². The van der Waals surface area contributed by atoms with Crippen LogP contribution in [-0.2, 0) is 39.8 Å². The Bertz CT molecular complexity index is 5320. The number of H-pyrrole nitrogens is 1. The largest absolute Gasteiger partial charge is 0.490 e. The summed E-state index contributed by atoms with van der Waals surface area (Å²) in [6.07, 6.45) is 31.9. The summed E-state index contributed by atoms with van der Waals surface area (Å²) in [4.78, 5) is 29.4. The second-order valence-corrected chi connectivity index (χ2v) is 39.4. The average Bonchev–Trinajstić information content (AvgIpc) is 1.79. The van der Waals surface area contributed by atoms with E-state index in [0.717, 1.165) is 112 Å². The third-order valence-corrected chi connectivity index (χ3v) is 24.8. The Kier molecular flexibility index (Phi) is 40.4. The normalized spacial score (nSPS) is 12.0. The van der Waals surface area contributed by atoms with Gasteiger partial charge in [-0.15, -0.1) is 34.0 Å². The molecule has 11 rings (SSSR count). The number of aromatic nitrogens is 5. The van der Waals surface area contributed by atoms with Crippen molar-refractivity contribution in [3.63, 3.8) is 0 Å². The third-order valence-electron chi connectivity index (χ3n) is 20.5. The molecule has 0 fully saturated rings. The number of allylic oxidation sites excluding steroid dienone is 2. The summed E-state index contributed by atoms with van der Waals surface area (Å²) >= 11 is 6.45. The van der Waals surface area contributed by atoms with Crippen molar-refractivity contribution < 1.29 is 26.3 Å². The second-order valence-electron chi connectivity index (χ2n) is 34.6. The number of anilines is 2. The molecule has 0 saturated heterocycles. The molecule has 0 radical (unpaired) electrons. The van der Waals surface area contributed by atoms with Gasteiger partial charge in [0.2, 0.25) is 0 Å². The molecule has 11 aromatic rings. The molecule has 5 aromatic heterocycles. The van der Waals surface area contributed by atoms with Crippen LogP contribution < -0.4 is 32.8 Å². The van der Waals surface area contributed by atoms with Gasteiger partial charge in [-0.25, -0.2) is 24.4 Å². The van der Waals surface area contributed by atoms with Gasteiger partial charge >= 0.3 is 22.5 Å². The number of aryl methyl sites for hydroxylation is 1. The number of hydrogen-bond acceptors (Lipinski definition) is 16. The predicted molar refractivity (Wildman–Crippen MR) is 515 cm³/mol. The van der Waals surface area contributed by atoms with Gasteiger partial charge in [0, 0.05) is 67.8 Å². The van der Waals surface area contributed by atoms with E-state index >= 15 is 0 Å². The number of thiazole rings is 3. The summed E-state index contributed by atoms with van der Waals surface area (Å²) < 4.78 is 57.6. The minimum absolute atomic E-state index is 0.0804. The summed E-state index contributed by atoms with van der Waals surface area (Å²) in [6, 6.07) is 54.9. The molecule has 17 nitrogen and oxygen atoms in total. The number of aromatic amines is 1. The maximum atomic E-state index is 13.1. The second kappa shape index (κ2) is 50.3. The lowest BCUT2D eigenvalue weighted by Crippen LogP contribution is -2.25. The quantitative estimate of drug-likeness (QED) is 0.0238. The number of halogens is 1. The minimum atomic E-state index is -1.85. The molecule has 3 N–H and O–H groups in total. The summed E-state index contributed by atoms with van der Waals surface area (Å²) in [5, 5.41) is 35.3. The van der Waals surface area contributed by atoms with Gasteiger partial charge < -0.3 is 22.8 Å². The van der Waals surface area contributed by atoms with Crippen molar-refractivity contribution in [2.75, 3.05) is 22.7 Å². The Morgan fingerprint density at radius 1 is 0.512 bits per heavy atom. The molecule has 0 amide bonds. The maximum Gasteiger partial charge on any atom is 0.318 e. The van der Waals surface area contributed by atoms with Crippen LogP contribution in [-0.4, -0.2) is 46.0 Å². The van der Waals surface area contributed by atoms with Crippen LogP contribution in [0.4, 0.5) is 10.3 Å². The van der Waals surface area contributed by atoms with Gasteiger partial charge in [-0.3, -0.25) is 9.20 Å². The fourth-order valence-corrected chi connectivity index (χ4v) is 18.8. The number of benzene rings is 6. The molecule has 2 unspecified atom stereocenters. The van der Waals surface area contributed by atoms with Gasteiger partial charge in [0.05, 0.1) is 42.4 Å². The highest BCUT2D eigenvalue weighted by Crippen LogP contribution is 2.43. The van der Waals surface area contributed by atoms with Crippen LogP contribution in [0.25, 0.3) is 50.5 Å². The fourth-order valence-electron chi connectivity index (χ4n) is 14.9. The molecule has 5 heterocycles. The van der Waals surface area contributed by atoms with Gasteiger partial charge in [-0.05, 0) is 126 Å². The van der Waals surface area contributed by atoms with E-state index in [1.807, 2.05) is 169 Å². The smallest absolute Gasteiger partial charge is 0.318 e. The number of nitrogens with one attached hydrogen (secondary N) is 3. The van der Waals surface area contributed by atoms with Crippen LogP contribution in [0.3, 0.4) is 0 Å². The molecule has 6 aromatic carbocycles. The van der Waals surface area contributed by atoms with Crippen LogP contribution in [0.1, 0.15) is 264 Å². The van der Waals surface area contributed by atoms with Crippen molar-refractivity contribution in [1.29, 1.82) is 15.8 Å². The molecule has 0 bridgehead atoms. The highest BCUT2D eigenvalue weighted by molar-refractivity contribution is 7.82. The zero-order valence-corrected chi connectivity index (χ0v) is 79.2. The number of fused-ring (bicyclic) bond motifs is 1. The molecule has 23 heteroatoms. The summed E-state index contributed by atoms with van der Waals surface area (Å²) in [5.41, 5.74) is 12.5. The Labute approximate surface area is 753 Å². The van der Waals surface area contributed by atoms with Gasteiger partial charge in [-0.2, -0.15) is 24.2 Å². The zero-order chi connectivity index (χ0) is 88.8. The van der Waals surface area contributed by atoms with Crippen molar-refractivity contribution in [1.82, 2.24) is 24.3 Å². The van der Waals surface area contributed by atoms with E-state index in [0.29, 0.717) is 74.1 Å². The van der Waals surface area contributed by atoms with Gasteiger partial charge in [0.15, 0.2) is 39.2 Å². The van der Waals surface area contributed by atoms with Crippen LogP contribution in [0.5, 0.6) is 23.0 Å². The van der Waals surface area contributed by atoms with Crippen molar-refractivity contribution in [3.05, 3.63) is 234 Å². The SMILES string of the molecule is CCCCCCCC/C=C/Cc1cc(=O)n2cc(-c3ccccc3)c(C#N)c2[nH]1.CCCCCCCCOc1ccc(C(C)(C)CC(C)(C)C)cc1OS(=O)Nc1nc(-c2ccc(Cl)cc2)cs1.CCCCCCCCOc1ccc(C(C)(C)CC(C)(C)C)cc1OS(=O)Nc1nc(-c2ccccc2)cs1.Cc1ccccc1-c1csc(C(C#N)C#N)n1. The zero-order valence-electron chi connectivity index (χ0n) is 74.4. The number of unbranched alkanes of at least 4 members (excludes halogenated alkanes) is 16. The molecular formula is C100H125ClN10O7S5. The Morgan fingerprint density at radius 3 is 1.45 bits per heavy atom. The summed E-state index contributed by atoms with van der Waals surface area (Å²) in [5.74, 6) is 1.42. The first kappa shape index (κ1) is 98.7. The molecular weight excluding hydrogens is 1650 g/mol. The minimum Gasteiger partial charge on any atom is -0.490 e. The van der Waals surface area contributed by atoms with E-state index in [2.05, 4.69) is 150 Å². The average molecular weight is 1770 g/mol. The van der Waals surface area contributed by atoms with Gasteiger partial charge in [0.1, 0.15) is 22.3 Å². The molecule has 0 saturated carbocycles. The highest BCUT2D eigenvalue weighted by atomic mass is 35.5. The van der Waals surface area contributed by atoms with E-state index in [-0.39, 0.29) is 27.2 Å². The van der Waals surface area contributed by atoms with Crippen molar-refractivity contribution in [3.8, 4) is 86.1 Å². The Balaban J connectivity index is 0.000000211. The lowest BCUT2D eigenvalue weighted by molar-refractivity contribution is 0.281. The van der Waals surface area contributed by atoms with Crippen molar-refractivity contribution in [2.24, 2.45) is 10.8 Å². The molecule has 0 aliphatic carbocycles. The number of nitriles is 3. The van der Waals surface area contributed by atoms with Crippen LogP contribution in [0.15, 0.2) is 191 Å². The standard InChI is InChI=1S/C31H43ClN2O3S2.C31H44N2O3S2.C25H29N3O.C13H9N3S/c1-7-8-9-10-11-12-19-36-27-18-15-24(31(5,6)22-30(2,3)4)20-28(27)37-39(35)34-29-33-26(21-38-29)23-13-16-25(32)17-14-23;1-7-8-9-10-11-15-20-35-27-19-18-25(31(5,6)23-30(2,3)4)21-28(27)36-38(34)33-29-32-26(22-37-29)24-16-13-12-14-17-24;1-2-3-4-5-6-7-8-9-13-16-21-17-24(29)28-19-23(20-14-11-10-12-15-20)22(18-26)25(28)27-21;1-9-4-2-3-5-11(9)12-8-17-13(16-12)10(6-14)7-15/h13-18,20-21H,7-12,19,22H2,1-6H3,(H,33,34);12-14,16-19,21-22H,7-11,15,20,23H2,1-6H3,(H,32,33);9-15,17,19,27H,2-8,16H2,1H3;2-5,8,10H,1H3/b;;13-9+;. The highest BCUT2D eigenvalue weighted by Gasteiger charge is 2.31. The Hall–Kier alpha value is -9.70. The molecule has 0 spiro atoms. The molecule has 654 valence electrons. The van der Waals surface area contributed by atoms with Crippen molar-refractivity contribution in [2.45, 2.75) is 255 Å². The number of hydrogen-bond donors (Lipinski definition) is 3. The number of nitrogens with zero attached hydrogens (tertiary/aromatic N) is 7. The Morgan fingerprint density at radius 2 is 0.967 bits per heavy atom. The van der Waals surface area contributed by atoms with E-state index in [9.17, 15) is 18.5 Å². The first-order valence-electron chi connectivity index (χ1n) is 43.2. The molecule has 123 heavy (non-hydrogen) atoms. The van der Waals surface area contributed by atoms with Crippen LogP contribution in [0.2, 0.25) is 5.02 Å². The summed E-state index contributed by atoms with van der Waals surface area (Å²) in [7, 11) is 0. The maximum absolute atomic E-state index is 13.1. The lowest BCUT2D eigenvalue weighted by Gasteiger charge is -2.33. The van der Waals surface area contributed by atoms with E-state index in [1.165, 1.54) is 128 Å². The third kappa shape index (κ3) is 33.1. The van der Waals surface area contributed by atoms with E-state index < -0.39 is 28.5 Å². The first-order valence-corrected chi connectivity index (χ1v) is 48.4. The molecule has 0 aliphatic rings. The topological polar surface area (TPSA) is 242 Å². The monoisotopic (exact) mass is 1770 g/mol. The summed E-state index contributed by atoms with van der Waals surface area (Å²) in [6.45, 7) is 32.4. The predicted octanol–water partition coefficient (Wildman–Crippen LogP) is 28.6. The number of ether oxygens (including phenoxy) is 2. The molecule has 2 atom stereocenters. The van der Waals surface area contributed by atoms with E-state index in [4.69, 9.17) is 40.0 Å². The number of rotatable bonds is 42. The van der Waals surface area contributed by atoms with Crippen LogP contribution >= 0.6 is 45.6 Å². The lowest BCUT2D eigenvalue weighted by atomic mass is 9.72. The fraction of sp³-hybridized carbons (Fsp3) is 0.430. The first-order chi connectivity index (χ1) is 59.0.